The predicted octanol–water partition coefficient (Wildman–Crippen LogP) is 1.60. The molecule has 0 aromatic heterocycles. The lowest BCUT2D eigenvalue weighted by Crippen LogP contribution is -2.34. The Bertz CT molecular complexity index is 644. The Labute approximate surface area is 117 Å². The molecule has 0 radical (unpaired) electrons. The van der Waals surface area contributed by atoms with Crippen molar-refractivity contribution in [1.29, 1.82) is 0 Å². The number of nitrogens with two attached hydrogens (primary N) is 1. The van der Waals surface area contributed by atoms with E-state index >= 15 is 0 Å². The minimum atomic E-state index is -3.72. The Morgan fingerprint density at radius 2 is 2.05 bits per heavy atom. The molecule has 2 N–H and O–H groups in total. The van der Waals surface area contributed by atoms with Gasteiger partial charge < -0.3 is 5.73 Å². The molecule has 7 nitrogen and oxygen atoms in total. The van der Waals surface area contributed by atoms with E-state index in [4.69, 9.17) is 5.73 Å². The van der Waals surface area contributed by atoms with Gasteiger partial charge in [-0.05, 0) is 31.4 Å². The van der Waals surface area contributed by atoms with Gasteiger partial charge in [-0.3, -0.25) is 10.1 Å². The predicted molar refractivity (Wildman–Crippen MR) is 74.6 cm³/mol. The van der Waals surface area contributed by atoms with E-state index in [9.17, 15) is 18.5 Å². The lowest BCUT2D eigenvalue weighted by atomic mass is 10.1. The second kappa shape index (κ2) is 5.02. The summed E-state index contributed by atoms with van der Waals surface area (Å²) in [5.74, 6) is 0.281. The van der Waals surface area contributed by atoms with Gasteiger partial charge in [-0.15, -0.1) is 0 Å². The lowest BCUT2D eigenvalue weighted by molar-refractivity contribution is -0.384. The number of nitro groups is 1. The highest BCUT2D eigenvalue weighted by molar-refractivity contribution is 7.89. The molecule has 2 atom stereocenters. The van der Waals surface area contributed by atoms with Gasteiger partial charge in [0.1, 0.15) is 5.69 Å². The maximum absolute atomic E-state index is 12.5. The molecule has 2 rings (SSSR count). The SMILES string of the molecule is CC1CC(C)N(S(=O)(=O)c2ccc(N)c([N+](=O)[O-])c2)C1. The zero-order chi connectivity index (χ0) is 15.1. The van der Waals surface area contributed by atoms with Crippen molar-refractivity contribution in [2.75, 3.05) is 12.3 Å². The molecule has 0 bridgehead atoms. The molecule has 1 aromatic carbocycles. The van der Waals surface area contributed by atoms with Crippen molar-refractivity contribution in [3.05, 3.63) is 28.3 Å². The molecule has 8 heteroatoms. The standard InChI is InChI=1S/C12H17N3O4S/c1-8-5-9(2)14(7-8)20(18,19)10-3-4-11(13)12(6-10)15(16)17/h3-4,6,8-9H,5,7,13H2,1-2H3. The van der Waals surface area contributed by atoms with E-state index in [1.54, 1.807) is 0 Å². The smallest absolute Gasteiger partial charge is 0.293 e. The van der Waals surface area contributed by atoms with Gasteiger partial charge in [0.25, 0.3) is 5.69 Å². The zero-order valence-electron chi connectivity index (χ0n) is 11.3. The molecule has 1 fully saturated rings. The normalized spacial score (nSPS) is 23.9. The van der Waals surface area contributed by atoms with Crippen LogP contribution < -0.4 is 5.73 Å². The summed E-state index contributed by atoms with van der Waals surface area (Å²) in [6.07, 6.45) is 0.788. The van der Waals surface area contributed by atoms with E-state index in [2.05, 4.69) is 0 Å². The van der Waals surface area contributed by atoms with Crippen LogP contribution in [0, 0.1) is 16.0 Å². The number of rotatable bonds is 3. The van der Waals surface area contributed by atoms with Crippen LogP contribution in [0.2, 0.25) is 0 Å². The summed E-state index contributed by atoms with van der Waals surface area (Å²) >= 11 is 0. The number of anilines is 1. The average molecular weight is 299 g/mol. The van der Waals surface area contributed by atoms with Gasteiger partial charge >= 0.3 is 0 Å². The number of hydrogen-bond acceptors (Lipinski definition) is 5. The molecule has 1 heterocycles. The van der Waals surface area contributed by atoms with Crippen LogP contribution in [-0.4, -0.2) is 30.2 Å². The Morgan fingerprint density at radius 1 is 1.40 bits per heavy atom. The maximum Gasteiger partial charge on any atom is 0.293 e. The molecule has 0 spiro atoms. The summed E-state index contributed by atoms with van der Waals surface area (Å²) in [6, 6.07) is 3.50. The minimum absolute atomic E-state index is 0.0446. The highest BCUT2D eigenvalue weighted by Gasteiger charge is 2.36. The fourth-order valence-corrected chi connectivity index (χ4v) is 4.36. The largest absolute Gasteiger partial charge is 0.393 e. The summed E-state index contributed by atoms with van der Waals surface area (Å²) in [5, 5.41) is 10.9. The first-order valence-corrected chi connectivity index (χ1v) is 7.73. The molecular formula is C12H17N3O4S. The second-order valence-electron chi connectivity index (χ2n) is 5.24. The fraction of sp³-hybridized carbons (Fsp3) is 0.500. The van der Waals surface area contributed by atoms with E-state index in [1.807, 2.05) is 13.8 Å². The van der Waals surface area contributed by atoms with Crippen molar-refractivity contribution >= 4 is 21.4 Å². The van der Waals surface area contributed by atoms with Crippen LogP contribution >= 0.6 is 0 Å². The second-order valence-corrected chi connectivity index (χ2v) is 7.13. The average Bonchev–Trinajstić information content (AvgIpc) is 2.69. The number of benzene rings is 1. The number of sulfonamides is 1. The molecule has 0 amide bonds. The number of nitrogens with zero attached hydrogens (tertiary/aromatic N) is 2. The summed E-state index contributed by atoms with van der Waals surface area (Å²) in [6.45, 7) is 4.26. The van der Waals surface area contributed by atoms with Crippen molar-refractivity contribution in [3.63, 3.8) is 0 Å². The third-order valence-corrected chi connectivity index (χ3v) is 5.51. The van der Waals surface area contributed by atoms with Crippen LogP contribution in [0.25, 0.3) is 0 Å². The van der Waals surface area contributed by atoms with E-state index in [0.717, 1.165) is 12.5 Å². The first-order chi connectivity index (χ1) is 9.23. The molecule has 1 aliphatic rings. The fourth-order valence-electron chi connectivity index (χ4n) is 2.57. The maximum atomic E-state index is 12.5. The summed E-state index contributed by atoms with van der Waals surface area (Å²) < 4.78 is 26.5. The topological polar surface area (TPSA) is 107 Å². The van der Waals surface area contributed by atoms with Gasteiger partial charge in [0, 0.05) is 18.7 Å². The molecule has 110 valence electrons. The van der Waals surface area contributed by atoms with E-state index in [-0.39, 0.29) is 28.2 Å². The third-order valence-electron chi connectivity index (χ3n) is 3.53. The summed E-state index contributed by atoms with van der Waals surface area (Å²) in [4.78, 5) is 10.1. The van der Waals surface area contributed by atoms with Gasteiger partial charge in [-0.25, -0.2) is 8.42 Å². The van der Waals surface area contributed by atoms with Gasteiger partial charge in [-0.2, -0.15) is 4.31 Å². The van der Waals surface area contributed by atoms with Gasteiger partial charge in [0.15, 0.2) is 0 Å². The van der Waals surface area contributed by atoms with Gasteiger partial charge in [-0.1, -0.05) is 6.92 Å². The highest BCUT2D eigenvalue weighted by atomic mass is 32.2. The van der Waals surface area contributed by atoms with Crippen molar-refractivity contribution in [1.82, 2.24) is 4.31 Å². The van der Waals surface area contributed by atoms with Crippen LogP contribution in [0.1, 0.15) is 20.3 Å². The zero-order valence-corrected chi connectivity index (χ0v) is 12.1. The number of hydrogen-bond donors (Lipinski definition) is 1. The molecule has 1 aliphatic heterocycles. The van der Waals surface area contributed by atoms with Crippen molar-refractivity contribution < 1.29 is 13.3 Å². The quantitative estimate of drug-likeness (QED) is 0.518. The van der Waals surface area contributed by atoms with Crippen LogP contribution in [-0.2, 0) is 10.0 Å². The van der Waals surface area contributed by atoms with Crippen molar-refractivity contribution in [3.8, 4) is 0 Å². The highest BCUT2D eigenvalue weighted by Crippen LogP contribution is 2.31. The Balaban J connectivity index is 2.45. The Hall–Kier alpha value is -1.67. The molecule has 1 saturated heterocycles. The number of nitrogen functional groups attached to an aromatic ring is 1. The summed E-state index contributed by atoms with van der Waals surface area (Å²) in [7, 11) is -3.72. The van der Waals surface area contributed by atoms with Crippen LogP contribution in [0.15, 0.2) is 23.1 Å². The first-order valence-electron chi connectivity index (χ1n) is 6.29. The van der Waals surface area contributed by atoms with Crippen molar-refractivity contribution in [2.45, 2.75) is 31.2 Å². The molecule has 1 aromatic rings. The lowest BCUT2D eigenvalue weighted by Gasteiger charge is -2.21. The Kier molecular flexibility index (Phi) is 3.70. The van der Waals surface area contributed by atoms with Crippen LogP contribution in [0.3, 0.4) is 0 Å². The van der Waals surface area contributed by atoms with E-state index in [0.29, 0.717) is 6.54 Å². The Morgan fingerprint density at radius 3 is 2.55 bits per heavy atom. The molecule has 20 heavy (non-hydrogen) atoms. The number of nitro benzene ring substituents is 1. The van der Waals surface area contributed by atoms with E-state index < -0.39 is 14.9 Å². The van der Waals surface area contributed by atoms with Crippen LogP contribution in [0.4, 0.5) is 11.4 Å². The molecule has 2 unspecified atom stereocenters. The third kappa shape index (κ3) is 2.48. The summed E-state index contributed by atoms with van der Waals surface area (Å²) in [5.41, 5.74) is 5.06. The van der Waals surface area contributed by atoms with E-state index in [1.165, 1.54) is 16.4 Å². The van der Waals surface area contributed by atoms with Crippen molar-refractivity contribution in [2.24, 2.45) is 5.92 Å². The van der Waals surface area contributed by atoms with Gasteiger partial charge in [0.2, 0.25) is 10.0 Å². The molecule has 0 aliphatic carbocycles. The molecular weight excluding hydrogens is 282 g/mol. The monoisotopic (exact) mass is 299 g/mol. The van der Waals surface area contributed by atoms with Gasteiger partial charge in [0.05, 0.1) is 9.82 Å². The van der Waals surface area contributed by atoms with Crippen LogP contribution in [0.5, 0.6) is 0 Å². The minimum Gasteiger partial charge on any atom is -0.393 e. The first kappa shape index (κ1) is 14.7. The molecule has 0 saturated carbocycles.